The maximum atomic E-state index is 12.0. The Morgan fingerprint density at radius 1 is 1.05 bits per heavy atom. The summed E-state index contributed by atoms with van der Waals surface area (Å²) in [5, 5.41) is 3.00. The number of thioether (sulfide) groups is 2. The maximum Gasteiger partial charge on any atom is 0.234 e. The SMILES string of the molecule is CCSc1ccccc1NC(=O)CSCc1ccccc1. The fraction of sp³-hybridized carbons (Fsp3) is 0.235. The van der Waals surface area contributed by atoms with Crippen molar-refractivity contribution in [2.24, 2.45) is 0 Å². The van der Waals surface area contributed by atoms with Crippen LogP contribution in [0.5, 0.6) is 0 Å². The zero-order chi connectivity index (χ0) is 14.9. The molecule has 0 spiro atoms. The van der Waals surface area contributed by atoms with Gasteiger partial charge >= 0.3 is 0 Å². The Morgan fingerprint density at radius 2 is 1.76 bits per heavy atom. The van der Waals surface area contributed by atoms with Gasteiger partial charge in [0.2, 0.25) is 5.91 Å². The Bertz CT molecular complexity index is 572. The lowest BCUT2D eigenvalue weighted by atomic mass is 10.2. The van der Waals surface area contributed by atoms with E-state index in [9.17, 15) is 4.79 Å². The molecule has 21 heavy (non-hydrogen) atoms. The van der Waals surface area contributed by atoms with Crippen LogP contribution in [0.4, 0.5) is 5.69 Å². The number of carbonyl (C=O) groups excluding carboxylic acids is 1. The molecule has 0 aliphatic heterocycles. The van der Waals surface area contributed by atoms with Crippen LogP contribution < -0.4 is 5.32 Å². The summed E-state index contributed by atoms with van der Waals surface area (Å²) in [5.74, 6) is 2.38. The van der Waals surface area contributed by atoms with E-state index in [1.165, 1.54) is 5.56 Å². The van der Waals surface area contributed by atoms with Crippen LogP contribution in [-0.2, 0) is 10.5 Å². The highest BCUT2D eigenvalue weighted by Gasteiger charge is 2.06. The number of carbonyl (C=O) groups is 1. The molecule has 0 saturated carbocycles. The summed E-state index contributed by atoms with van der Waals surface area (Å²) in [7, 11) is 0. The first kappa shape index (κ1) is 16.0. The van der Waals surface area contributed by atoms with Crippen LogP contribution in [-0.4, -0.2) is 17.4 Å². The van der Waals surface area contributed by atoms with E-state index in [1.807, 2.05) is 42.5 Å². The molecule has 2 rings (SSSR count). The zero-order valence-electron chi connectivity index (χ0n) is 12.0. The lowest BCUT2D eigenvalue weighted by Crippen LogP contribution is -2.14. The molecule has 0 heterocycles. The second-order valence-corrected chi connectivity index (χ2v) is 6.75. The summed E-state index contributed by atoms with van der Waals surface area (Å²) in [6.45, 7) is 2.11. The minimum Gasteiger partial charge on any atom is -0.324 e. The molecule has 2 aromatic carbocycles. The molecule has 0 aliphatic rings. The smallest absolute Gasteiger partial charge is 0.234 e. The molecule has 0 fully saturated rings. The van der Waals surface area contributed by atoms with E-state index < -0.39 is 0 Å². The Labute approximate surface area is 134 Å². The number of nitrogens with one attached hydrogen (secondary N) is 1. The van der Waals surface area contributed by atoms with Crippen LogP contribution in [0.25, 0.3) is 0 Å². The van der Waals surface area contributed by atoms with Crippen molar-refractivity contribution in [3.63, 3.8) is 0 Å². The minimum absolute atomic E-state index is 0.0556. The van der Waals surface area contributed by atoms with Crippen molar-refractivity contribution < 1.29 is 4.79 Å². The highest BCUT2D eigenvalue weighted by molar-refractivity contribution is 7.99. The Balaban J connectivity index is 1.82. The number of para-hydroxylation sites is 1. The summed E-state index contributed by atoms with van der Waals surface area (Å²) in [4.78, 5) is 13.1. The summed E-state index contributed by atoms with van der Waals surface area (Å²) in [5.41, 5.74) is 2.16. The number of anilines is 1. The molecule has 0 radical (unpaired) electrons. The fourth-order valence-electron chi connectivity index (χ4n) is 1.87. The third-order valence-electron chi connectivity index (χ3n) is 2.81. The molecule has 2 nitrogen and oxygen atoms in total. The largest absolute Gasteiger partial charge is 0.324 e. The molecule has 0 atom stereocenters. The van der Waals surface area contributed by atoms with Gasteiger partial charge in [-0.25, -0.2) is 0 Å². The van der Waals surface area contributed by atoms with Gasteiger partial charge in [0, 0.05) is 10.6 Å². The molecule has 1 amide bonds. The van der Waals surface area contributed by atoms with E-state index in [4.69, 9.17) is 0 Å². The third-order valence-corrected chi connectivity index (χ3v) is 4.77. The van der Waals surface area contributed by atoms with Gasteiger partial charge in [0.15, 0.2) is 0 Å². The van der Waals surface area contributed by atoms with Crippen molar-refractivity contribution in [2.75, 3.05) is 16.8 Å². The van der Waals surface area contributed by atoms with Crippen molar-refractivity contribution >= 4 is 35.1 Å². The van der Waals surface area contributed by atoms with Gasteiger partial charge in [-0.15, -0.1) is 23.5 Å². The van der Waals surface area contributed by atoms with Gasteiger partial charge in [-0.3, -0.25) is 4.79 Å². The van der Waals surface area contributed by atoms with Crippen molar-refractivity contribution in [3.8, 4) is 0 Å². The van der Waals surface area contributed by atoms with E-state index >= 15 is 0 Å². The van der Waals surface area contributed by atoms with Crippen molar-refractivity contribution in [1.82, 2.24) is 0 Å². The van der Waals surface area contributed by atoms with Crippen LogP contribution in [0.1, 0.15) is 12.5 Å². The van der Waals surface area contributed by atoms with Gasteiger partial charge in [0.25, 0.3) is 0 Å². The predicted octanol–water partition coefficient (Wildman–Crippen LogP) is 4.67. The van der Waals surface area contributed by atoms with Gasteiger partial charge in [0.1, 0.15) is 0 Å². The first-order chi connectivity index (χ1) is 10.3. The normalized spacial score (nSPS) is 10.3. The van der Waals surface area contributed by atoms with Crippen LogP contribution in [0.15, 0.2) is 59.5 Å². The minimum atomic E-state index is 0.0556. The lowest BCUT2D eigenvalue weighted by molar-refractivity contribution is -0.113. The third kappa shape index (κ3) is 5.48. The van der Waals surface area contributed by atoms with E-state index in [2.05, 4.69) is 24.4 Å². The van der Waals surface area contributed by atoms with E-state index in [-0.39, 0.29) is 5.91 Å². The zero-order valence-corrected chi connectivity index (χ0v) is 13.7. The summed E-state index contributed by atoms with van der Waals surface area (Å²) >= 11 is 3.38. The molecule has 2 aromatic rings. The van der Waals surface area contributed by atoms with Gasteiger partial charge in [-0.05, 0) is 23.4 Å². The summed E-state index contributed by atoms with van der Waals surface area (Å²) in [6, 6.07) is 18.2. The topological polar surface area (TPSA) is 29.1 Å². The molecular formula is C17H19NOS2. The molecule has 0 aromatic heterocycles. The van der Waals surface area contributed by atoms with E-state index in [1.54, 1.807) is 23.5 Å². The number of rotatable bonds is 7. The monoisotopic (exact) mass is 317 g/mol. The Kier molecular flexibility index (Phi) is 6.70. The summed E-state index contributed by atoms with van der Waals surface area (Å²) < 4.78 is 0. The molecule has 110 valence electrons. The second-order valence-electron chi connectivity index (χ2n) is 4.46. The molecule has 1 N–H and O–H groups in total. The van der Waals surface area contributed by atoms with Crippen molar-refractivity contribution in [1.29, 1.82) is 0 Å². The van der Waals surface area contributed by atoms with Gasteiger partial charge in [-0.2, -0.15) is 0 Å². The van der Waals surface area contributed by atoms with Crippen LogP contribution in [0.3, 0.4) is 0 Å². The quantitative estimate of drug-likeness (QED) is 0.752. The first-order valence-electron chi connectivity index (χ1n) is 6.93. The molecule has 0 aliphatic carbocycles. The number of amides is 1. The van der Waals surface area contributed by atoms with Crippen molar-refractivity contribution in [3.05, 3.63) is 60.2 Å². The lowest BCUT2D eigenvalue weighted by Gasteiger charge is -2.09. The first-order valence-corrected chi connectivity index (χ1v) is 9.07. The standard InChI is InChI=1S/C17H19NOS2/c1-2-21-16-11-7-6-10-15(16)18-17(19)13-20-12-14-8-4-3-5-9-14/h3-11H,2,12-13H2,1H3,(H,18,19). The van der Waals surface area contributed by atoms with E-state index in [0.29, 0.717) is 5.75 Å². The number of hydrogen-bond donors (Lipinski definition) is 1. The van der Waals surface area contributed by atoms with Crippen molar-refractivity contribution in [2.45, 2.75) is 17.6 Å². The van der Waals surface area contributed by atoms with Gasteiger partial charge < -0.3 is 5.32 Å². The molecular weight excluding hydrogens is 298 g/mol. The maximum absolute atomic E-state index is 12.0. The Hall–Kier alpha value is -1.39. The predicted molar refractivity (Wildman–Crippen MR) is 94.1 cm³/mol. The highest BCUT2D eigenvalue weighted by Crippen LogP contribution is 2.26. The van der Waals surface area contributed by atoms with E-state index in [0.717, 1.165) is 22.1 Å². The molecule has 4 heteroatoms. The number of hydrogen-bond acceptors (Lipinski definition) is 3. The average molecular weight is 317 g/mol. The van der Waals surface area contributed by atoms with Crippen LogP contribution in [0, 0.1) is 0 Å². The summed E-state index contributed by atoms with van der Waals surface area (Å²) in [6.07, 6.45) is 0. The molecule has 0 unspecified atom stereocenters. The fourth-order valence-corrected chi connectivity index (χ4v) is 3.42. The van der Waals surface area contributed by atoms with Crippen LogP contribution in [0.2, 0.25) is 0 Å². The van der Waals surface area contributed by atoms with Gasteiger partial charge in [0.05, 0.1) is 11.4 Å². The van der Waals surface area contributed by atoms with Crippen LogP contribution >= 0.6 is 23.5 Å². The average Bonchev–Trinajstić information content (AvgIpc) is 2.50. The van der Waals surface area contributed by atoms with Gasteiger partial charge in [-0.1, -0.05) is 49.4 Å². The Morgan fingerprint density at radius 3 is 2.52 bits per heavy atom. The number of benzene rings is 2. The second kappa shape index (κ2) is 8.80. The molecule has 0 saturated heterocycles. The highest BCUT2D eigenvalue weighted by atomic mass is 32.2. The molecule has 0 bridgehead atoms.